The number of nitrogens with zero attached hydrogens (tertiary/aromatic N) is 2. The number of hydrogen-bond donors (Lipinski definition) is 2. The van der Waals surface area contributed by atoms with Gasteiger partial charge in [-0.3, -0.25) is 14.9 Å². The topological polar surface area (TPSA) is 120 Å². The molecular weight excluding hydrogens is 352 g/mol. The minimum absolute atomic E-state index is 0.267. The number of anilines is 2. The van der Waals surface area contributed by atoms with Crippen molar-refractivity contribution in [1.29, 1.82) is 0 Å². The van der Waals surface area contributed by atoms with Crippen molar-refractivity contribution < 1.29 is 32.0 Å². The minimum Gasteiger partial charge on any atom is -0.450 e. The summed E-state index contributed by atoms with van der Waals surface area (Å²) in [4.78, 5) is 24.4. The average Bonchev–Trinajstić information content (AvgIpc) is 2.48. The molecule has 1 aromatic carbocycles. The number of hydrogen-bond acceptors (Lipinski definition) is 6. The van der Waals surface area contributed by atoms with Gasteiger partial charge in [0.1, 0.15) is 11.6 Å². The molecule has 1 heterocycles. The van der Waals surface area contributed by atoms with Gasteiger partial charge in [0.2, 0.25) is 11.6 Å². The molecule has 0 aliphatic heterocycles. The van der Waals surface area contributed by atoms with Gasteiger partial charge < -0.3 is 15.8 Å². The molecule has 0 bridgehead atoms. The first-order valence-corrected chi connectivity index (χ1v) is 6.34. The Bertz CT molecular complexity index is 841. The molecule has 1 aromatic heterocycles. The molecule has 2 rings (SSSR count). The van der Waals surface area contributed by atoms with E-state index in [9.17, 15) is 32.5 Å². The summed E-state index contributed by atoms with van der Waals surface area (Å²) in [6, 6.07) is 3.57. The number of amides is 1. The van der Waals surface area contributed by atoms with Crippen LogP contribution in [0, 0.1) is 15.9 Å². The molecule has 0 spiro atoms. The molecule has 0 fully saturated rings. The fourth-order valence-corrected chi connectivity index (χ4v) is 1.70. The standard InChI is InChI=1S/C13H8F4N4O4/c14-7-5-6(1-2-8(7)20-12(22)13(15,16)17)25-9-3-4-19-11(18)10(9)21(23)24/h1-5H,(H2,18,19)(H,20,22). The van der Waals surface area contributed by atoms with E-state index in [1.807, 2.05) is 0 Å². The predicted molar refractivity (Wildman–Crippen MR) is 76.5 cm³/mol. The van der Waals surface area contributed by atoms with Crippen LogP contribution in [0.3, 0.4) is 0 Å². The summed E-state index contributed by atoms with van der Waals surface area (Å²) in [6.45, 7) is 0. The third-order valence-electron chi connectivity index (χ3n) is 2.77. The highest BCUT2D eigenvalue weighted by molar-refractivity contribution is 5.95. The minimum atomic E-state index is -5.18. The molecule has 0 aliphatic rings. The number of nitrogens with one attached hydrogen (secondary N) is 1. The number of halogens is 4. The molecule has 0 unspecified atom stereocenters. The van der Waals surface area contributed by atoms with Crippen LogP contribution in [-0.2, 0) is 4.79 Å². The fraction of sp³-hybridized carbons (Fsp3) is 0.0769. The van der Waals surface area contributed by atoms with Crippen LogP contribution in [0.5, 0.6) is 11.5 Å². The van der Waals surface area contributed by atoms with Gasteiger partial charge in [0.15, 0.2) is 0 Å². The van der Waals surface area contributed by atoms with Crippen molar-refractivity contribution in [2.45, 2.75) is 6.18 Å². The van der Waals surface area contributed by atoms with Gasteiger partial charge in [0, 0.05) is 18.3 Å². The van der Waals surface area contributed by atoms with Gasteiger partial charge >= 0.3 is 17.8 Å². The Morgan fingerprint density at radius 3 is 2.56 bits per heavy atom. The normalized spacial score (nSPS) is 11.0. The number of alkyl halides is 3. The summed E-state index contributed by atoms with van der Waals surface area (Å²) < 4.78 is 55.4. The highest BCUT2D eigenvalue weighted by Gasteiger charge is 2.39. The van der Waals surface area contributed by atoms with Gasteiger partial charge in [0.25, 0.3) is 0 Å². The second-order valence-corrected chi connectivity index (χ2v) is 4.50. The van der Waals surface area contributed by atoms with E-state index in [-0.39, 0.29) is 11.5 Å². The van der Waals surface area contributed by atoms with Crippen molar-refractivity contribution >= 4 is 23.1 Å². The lowest BCUT2D eigenvalue weighted by molar-refractivity contribution is -0.384. The fourth-order valence-electron chi connectivity index (χ4n) is 1.70. The Hall–Kier alpha value is -3.44. The lowest BCUT2D eigenvalue weighted by Crippen LogP contribution is -2.30. The molecule has 0 saturated carbocycles. The number of nitrogens with two attached hydrogens (primary N) is 1. The highest BCUT2D eigenvalue weighted by atomic mass is 19.4. The van der Waals surface area contributed by atoms with Crippen LogP contribution in [-0.4, -0.2) is 22.0 Å². The Kier molecular flexibility index (Phi) is 4.72. The second-order valence-electron chi connectivity index (χ2n) is 4.50. The summed E-state index contributed by atoms with van der Waals surface area (Å²) in [6.07, 6.45) is -4.07. The first-order chi connectivity index (χ1) is 11.6. The summed E-state index contributed by atoms with van der Waals surface area (Å²) in [5.41, 5.74) is 3.97. The first-order valence-electron chi connectivity index (χ1n) is 6.34. The lowest BCUT2D eigenvalue weighted by atomic mass is 10.2. The van der Waals surface area contributed by atoms with E-state index in [1.54, 1.807) is 0 Å². The van der Waals surface area contributed by atoms with Crippen molar-refractivity contribution in [3.05, 3.63) is 46.4 Å². The maximum atomic E-state index is 13.8. The Balaban J connectivity index is 2.27. The zero-order valence-electron chi connectivity index (χ0n) is 12.0. The zero-order chi connectivity index (χ0) is 18.8. The van der Waals surface area contributed by atoms with Crippen molar-refractivity contribution in [1.82, 2.24) is 4.98 Å². The van der Waals surface area contributed by atoms with E-state index in [0.717, 1.165) is 24.4 Å². The van der Waals surface area contributed by atoms with Crippen LogP contribution in [0.15, 0.2) is 30.5 Å². The zero-order valence-corrected chi connectivity index (χ0v) is 12.0. The van der Waals surface area contributed by atoms with E-state index in [0.29, 0.717) is 6.07 Å². The van der Waals surface area contributed by atoms with Crippen LogP contribution in [0.2, 0.25) is 0 Å². The summed E-state index contributed by atoms with van der Waals surface area (Å²) in [5, 5.41) is 12.3. The van der Waals surface area contributed by atoms with Crippen LogP contribution >= 0.6 is 0 Å². The number of nitro groups is 1. The third kappa shape index (κ3) is 4.10. The number of pyridine rings is 1. The molecule has 8 nitrogen and oxygen atoms in total. The maximum absolute atomic E-state index is 13.8. The summed E-state index contributed by atoms with van der Waals surface area (Å²) >= 11 is 0. The monoisotopic (exact) mass is 360 g/mol. The van der Waals surface area contributed by atoms with E-state index in [2.05, 4.69) is 4.98 Å². The van der Waals surface area contributed by atoms with E-state index < -0.39 is 40.0 Å². The molecule has 25 heavy (non-hydrogen) atoms. The quantitative estimate of drug-likeness (QED) is 0.491. The van der Waals surface area contributed by atoms with E-state index in [1.165, 1.54) is 5.32 Å². The van der Waals surface area contributed by atoms with Crippen LogP contribution in [0.4, 0.5) is 34.8 Å². The molecule has 1 amide bonds. The number of rotatable bonds is 4. The third-order valence-corrected chi connectivity index (χ3v) is 2.77. The molecular formula is C13H8F4N4O4. The van der Waals surface area contributed by atoms with Crippen molar-refractivity contribution in [3.8, 4) is 11.5 Å². The molecule has 0 aliphatic carbocycles. The van der Waals surface area contributed by atoms with Gasteiger partial charge in [-0.1, -0.05) is 0 Å². The number of carbonyl (C=O) groups excluding carboxylic acids is 1. The largest absolute Gasteiger partial charge is 0.471 e. The van der Waals surface area contributed by atoms with Gasteiger partial charge in [-0.05, 0) is 12.1 Å². The van der Waals surface area contributed by atoms with Gasteiger partial charge in [-0.25, -0.2) is 9.37 Å². The molecule has 0 radical (unpaired) electrons. The smallest absolute Gasteiger partial charge is 0.450 e. The molecule has 2 aromatic rings. The maximum Gasteiger partial charge on any atom is 0.471 e. The number of ether oxygens (including phenoxy) is 1. The average molecular weight is 360 g/mol. The second kappa shape index (κ2) is 6.59. The van der Waals surface area contributed by atoms with Crippen molar-refractivity contribution in [3.63, 3.8) is 0 Å². The van der Waals surface area contributed by atoms with Gasteiger partial charge in [-0.15, -0.1) is 0 Å². The predicted octanol–water partition coefficient (Wildman–Crippen LogP) is 3.00. The molecule has 0 saturated heterocycles. The van der Waals surface area contributed by atoms with E-state index >= 15 is 0 Å². The van der Waals surface area contributed by atoms with Gasteiger partial charge in [-0.2, -0.15) is 13.2 Å². The Labute approximate surface area is 136 Å². The van der Waals surface area contributed by atoms with Crippen LogP contribution in [0.1, 0.15) is 0 Å². The number of aromatic nitrogens is 1. The highest BCUT2D eigenvalue weighted by Crippen LogP contribution is 2.35. The van der Waals surface area contributed by atoms with Crippen LogP contribution in [0.25, 0.3) is 0 Å². The summed E-state index contributed by atoms with van der Waals surface area (Å²) in [7, 11) is 0. The number of benzene rings is 1. The van der Waals surface area contributed by atoms with Crippen LogP contribution < -0.4 is 15.8 Å². The first kappa shape index (κ1) is 17.9. The number of nitrogen functional groups attached to an aromatic ring is 1. The summed E-state index contributed by atoms with van der Waals surface area (Å²) in [5.74, 6) is -4.63. The molecule has 132 valence electrons. The van der Waals surface area contributed by atoms with Gasteiger partial charge in [0.05, 0.1) is 10.6 Å². The van der Waals surface area contributed by atoms with E-state index in [4.69, 9.17) is 10.5 Å². The molecule has 0 atom stereocenters. The lowest BCUT2D eigenvalue weighted by Gasteiger charge is -2.11. The Morgan fingerprint density at radius 2 is 2.00 bits per heavy atom. The molecule has 12 heteroatoms. The number of carbonyl (C=O) groups is 1. The van der Waals surface area contributed by atoms with Crippen molar-refractivity contribution in [2.75, 3.05) is 11.1 Å². The molecule has 3 N–H and O–H groups in total. The Morgan fingerprint density at radius 1 is 1.32 bits per heavy atom. The SMILES string of the molecule is Nc1nccc(Oc2ccc(NC(=O)C(F)(F)F)c(F)c2)c1[N+](=O)[O-]. The van der Waals surface area contributed by atoms with Crippen molar-refractivity contribution in [2.24, 2.45) is 0 Å².